The molecule has 0 heterocycles. The van der Waals surface area contributed by atoms with Gasteiger partial charge in [-0.05, 0) is 49.4 Å². The minimum absolute atomic E-state index is 0.0534. The molecule has 164 valence electrons. The molecular weight excluding hydrogens is 412 g/mol. The Morgan fingerprint density at radius 1 is 1.30 bits per heavy atom. The van der Waals surface area contributed by atoms with Crippen LogP contribution in [0.3, 0.4) is 0 Å². The minimum atomic E-state index is -3.14. The van der Waals surface area contributed by atoms with E-state index >= 15 is 0 Å². The Bertz CT molecular complexity index is 785. The lowest BCUT2D eigenvalue weighted by molar-refractivity contribution is -0.205. The van der Waals surface area contributed by atoms with E-state index in [0.717, 1.165) is 12.8 Å². The largest absolute Gasteiger partial charge is 0.490 e. The Morgan fingerprint density at radius 2 is 1.97 bits per heavy atom. The van der Waals surface area contributed by atoms with E-state index in [-0.39, 0.29) is 30.5 Å². The Morgan fingerprint density at radius 3 is 2.57 bits per heavy atom. The first-order valence-corrected chi connectivity index (χ1v) is 10.3. The van der Waals surface area contributed by atoms with Gasteiger partial charge in [-0.2, -0.15) is 0 Å². The van der Waals surface area contributed by atoms with Gasteiger partial charge in [-0.15, -0.1) is 0 Å². The summed E-state index contributed by atoms with van der Waals surface area (Å²) in [5.41, 5.74) is 0. The maximum atomic E-state index is 12.4. The number of carboxylic acid groups (broad SMARTS) is 1. The molecule has 0 amide bonds. The van der Waals surface area contributed by atoms with Gasteiger partial charge in [0.05, 0.1) is 6.42 Å². The highest BCUT2D eigenvalue weighted by Gasteiger charge is 2.39. The van der Waals surface area contributed by atoms with E-state index in [1.165, 1.54) is 0 Å². The second kappa shape index (κ2) is 10.7. The van der Waals surface area contributed by atoms with Crippen molar-refractivity contribution in [1.82, 2.24) is 0 Å². The average molecular weight is 439 g/mol. The number of aliphatic hydroxyl groups is 2. The maximum Gasteiger partial charge on any atom is 0.364 e. The van der Waals surface area contributed by atoms with Gasteiger partial charge in [-0.1, -0.05) is 30.7 Å². The van der Waals surface area contributed by atoms with Crippen molar-refractivity contribution < 1.29 is 34.4 Å². The second-order valence-electron chi connectivity index (χ2n) is 7.58. The third-order valence-electron chi connectivity index (χ3n) is 5.15. The summed E-state index contributed by atoms with van der Waals surface area (Å²) in [7, 11) is 0. The molecule has 1 aromatic rings. The van der Waals surface area contributed by atoms with Gasteiger partial charge in [0.2, 0.25) is 0 Å². The van der Waals surface area contributed by atoms with Crippen LogP contribution < -0.4 is 4.74 Å². The molecule has 0 bridgehead atoms. The van der Waals surface area contributed by atoms with Gasteiger partial charge >= 0.3 is 5.97 Å². The number of hydrogen-bond donors (Lipinski definition) is 3. The molecule has 0 aliphatic heterocycles. The molecule has 1 aliphatic carbocycles. The molecule has 3 atom stereocenters. The van der Waals surface area contributed by atoms with Gasteiger partial charge in [0, 0.05) is 23.8 Å². The standard InChI is InChI=1S/C22H27ClO7/c1-2-3-4-14-5-10-20(25)19(14)12-18(30-17-8-6-15(23)7-9-17)11-16(24)13-22(28,29)21(26)27/h3-4,6-9,14,18-19,28-29H,2,5,10-13H2,1H3,(H,26,27)/b4-3+/t14-,18?,19+/m0/s1. The molecule has 1 saturated carbocycles. The molecule has 1 aromatic carbocycles. The molecule has 8 heteroatoms. The molecule has 7 nitrogen and oxygen atoms in total. The zero-order valence-corrected chi connectivity index (χ0v) is 17.5. The van der Waals surface area contributed by atoms with Gasteiger partial charge in [-0.3, -0.25) is 9.59 Å². The SMILES string of the molecule is CC/C=C/[C@H]1CCC(=O)[C@@H]1CC(CC(=O)CC(O)(O)C(=O)O)Oc1ccc(Cl)cc1. The fourth-order valence-corrected chi connectivity index (χ4v) is 3.75. The van der Waals surface area contributed by atoms with Crippen molar-refractivity contribution >= 4 is 29.1 Å². The third-order valence-corrected chi connectivity index (χ3v) is 5.40. The highest BCUT2D eigenvalue weighted by atomic mass is 35.5. The number of rotatable bonds is 11. The van der Waals surface area contributed by atoms with Gasteiger partial charge in [0.1, 0.15) is 23.4 Å². The number of allylic oxidation sites excluding steroid dienone is 2. The van der Waals surface area contributed by atoms with Crippen LogP contribution >= 0.6 is 11.6 Å². The monoisotopic (exact) mass is 438 g/mol. The van der Waals surface area contributed by atoms with Crippen LogP contribution in [0.4, 0.5) is 0 Å². The summed E-state index contributed by atoms with van der Waals surface area (Å²) in [6.07, 6.45) is 4.38. The third kappa shape index (κ3) is 6.93. The number of halogens is 1. The van der Waals surface area contributed by atoms with E-state index in [2.05, 4.69) is 0 Å². The van der Waals surface area contributed by atoms with Crippen molar-refractivity contribution in [3.05, 3.63) is 41.4 Å². The smallest absolute Gasteiger partial charge is 0.364 e. The first kappa shape index (κ1) is 24.1. The molecule has 2 rings (SSSR count). The molecular formula is C22H27ClO7. The van der Waals surface area contributed by atoms with Crippen LogP contribution in [0.2, 0.25) is 5.02 Å². The Balaban J connectivity index is 2.16. The normalized spacial score (nSPS) is 20.5. The summed E-state index contributed by atoms with van der Waals surface area (Å²) in [6.45, 7) is 2.01. The number of hydrogen-bond acceptors (Lipinski definition) is 6. The number of Topliss-reactive ketones (excluding diaryl/α,β-unsaturated/α-hetero) is 2. The van der Waals surface area contributed by atoms with E-state index in [1.807, 2.05) is 19.1 Å². The summed E-state index contributed by atoms with van der Waals surface area (Å²) in [5, 5.41) is 28.3. The van der Waals surface area contributed by atoms with Crippen LogP contribution in [-0.2, 0) is 14.4 Å². The molecule has 0 spiro atoms. The van der Waals surface area contributed by atoms with Crippen LogP contribution in [0.1, 0.15) is 45.4 Å². The number of benzene rings is 1. The number of carbonyl (C=O) groups excluding carboxylic acids is 2. The topological polar surface area (TPSA) is 121 Å². The summed E-state index contributed by atoms with van der Waals surface area (Å²) in [5.74, 6) is -5.45. The van der Waals surface area contributed by atoms with Crippen molar-refractivity contribution in [2.24, 2.45) is 11.8 Å². The van der Waals surface area contributed by atoms with Crippen molar-refractivity contribution in [3.8, 4) is 5.75 Å². The van der Waals surface area contributed by atoms with E-state index in [0.29, 0.717) is 17.2 Å². The van der Waals surface area contributed by atoms with Crippen molar-refractivity contribution in [2.75, 3.05) is 0 Å². The summed E-state index contributed by atoms with van der Waals surface area (Å²) in [4.78, 5) is 35.7. The van der Waals surface area contributed by atoms with Crippen LogP contribution in [0.25, 0.3) is 0 Å². The van der Waals surface area contributed by atoms with E-state index < -0.39 is 30.1 Å². The first-order valence-electron chi connectivity index (χ1n) is 9.93. The maximum absolute atomic E-state index is 12.4. The van der Waals surface area contributed by atoms with Gasteiger partial charge in [-0.25, -0.2) is 4.79 Å². The van der Waals surface area contributed by atoms with Gasteiger partial charge < -0.3 is 20.1 Å². The number of ketones is 2. The first-order chi connectivity index (χ1) is 14.1. The van der Waals surface area contributed by atoms with Crippen LogP contribution in [0.15, 0.2) is 36.4 Å². The molecule has 30 heavy (non-hydrogen) atoms. The molecule has 1 unspecified atom stereocenters. The molecule has 1 fully saturated rings. The fraction of sp³-hybridized carbons (Fsp3) is 0.500. The number of carbonyl (C=O) groups is 3. The molecule has 1 aliphatic rings. The minimum Gasteiger partial charge on any atom is -0.490 e. The number of ether oxygens (including phenoxy) is 1. The lowest BCUT2D eigenvalue weighted by Crippen LogP contribution is -2.41. The summed E-state index contributed by atoms with van der Waals surface area (Å²) >= 11 is 5.89. The van der Waals surface area contributed by atoms with Crippen molar-refractivity contribution in [3.63, 3.8) is 0 Å². The van der Waals surface area contributed by atoms with E-state index in [9.17, 15) is 24.6 Å². The highest BCUT2D eigenvalue weighted by Crippen LogP contribution is 2.35. The Kier molecular flexibility index (Phi) is 8.58. The van der Waals surface area contributed by atoms with E-state index in [4.69, 9.17) is 21.4 Å². The number of aliphatic carboxylic acids is 1. The fourth-order valence-electron chi connectivity index (χ4n) is 3.62. The highest BCUT2D eigenvalue weighted by molar-refractivity contribution is 6.30. The van der Waals surface area contributed by atoms with Crippen LogP contribution in [-0.4, -0.2) is 44.7 Å². The summed E-state index contributed by atoms with van der Waals surface area (Å²) in [6, 6.07) is 6.51. The molecule has 3 N–H and O–H groups in total. The predicted molar refractivity (Wildman–Crippen MR) is 110 cm³/mol. The van der Waals surface area contributed by atoms with Crippen LogP contribution in [0, 0.1) is 11.8 Å². The Labute approximate surface area is 180 Å². The summed E-state index contributed by atoms with van der Waals surface area (Å²) < 4.78 is 5.91. The van der Waals surface area contributed by atoms with Crippen LogP contribution in [0.5, 0.6) is 5.75 Å². The lowest BCUT2D eigenvalue weighted by atomic mass is 9.87. The second-order valence-corrected chi connectivity index (χ2v) is 8.02. The molecule has 0 aromatic heterocycles. The van der Waals surface area contributed by atoms with Gasteiger partial charge in [0.15, 0.2) is 0 Å². The molecule has 0 saturated heterocycles. The number of carboxylic acids is 1. The Hall–Kier alpha value is -2.22. The quantitative estimate of drug-likeness (QED) is 0.358. The lowest BCUT2D eigenvalue weighted by Gasteiger charge is -2.24. The van der Waals surface area contributed by atoms with E-state index in [1.54, 1.807) is 24.3 Å². The molecule has 0 radical (unpaired) electrons. The van der Waals surface area contributed by atoms with Crippen molar-refractivity contribution in [1.29, 1.82) is 0 Å². The zero-order valence-electron chi connectivity index (χ0n) is 16.8. The average Bonchev–Trinajstić information content (AvgIpc) is 3.01. The predicted octanol–water partition coefficient (Wildman–Crippen LogP) is 3.15. The van der Waals surface area contributed by atoms with Crippen molar-refractivity contribution in [2.45, 2.75) is 57.3 Å². The van der Waals surface area contributed by atoms with Gasteiger partial charge in [0.25, 0.3) is 5.79 Å². The zero-order chi connectivity index (χ0) is 22.3.